The number of carbonyl (C=O) groups excluding carboxylic acids is 2. The first kappa shape index (κ1) is 32.0. The van der Waals surface area contributed by atoms with Crippen LogP contribution >= 0.6 is 0 Å². The molecule has 9 nitrogen and oxygen atoms in total. The summed E-state index contributed by atoms with van der Waals surface area (Å²) < 4.78 is 2.06. The minimum atomic E-state index is -0.847. The van der Waals surface area contributed by atoms with Gasteiger partial charge in [0.05, 0.1) is 10.8 Å². The Labute approximate surface area is 292 Å². The summed E-state index contributed by atoms with van der Waals surface area (Å²) in [4.78, 5) is 28.7. The predicted octanol–water partition coefficient (Wildman–Crippen LogP) is 7.61. The monoisotopic (exact) mass is 665 g/mol. The van der Waals surface area contributed by atoms with Crippen LogP contribution in [0.2, 0.25) is 0 Å². The number of anilines is 2. The van der Waals surface area contributed by atoms with Crippen molar-refractivity contribution in [3.05, 3.63) is 117 Å². The van der Waals surface area contributed by atoms with E-state index in [1.165, 1.54) is 0 Å². The lowest BCUT2D eigenvalue weighted by Gasteiger charge is -2.45. The van der Waals surface area contributed by atoms with Crippen LogP contribution in [0.3, 0.4) is 0 Å². The highest BCUT2D eigenvalue weighted by atomic mass is 16.1. The summed E-state index contributed by atoms with van der Waals surface area (Å²) in [6.45, 7) is 13.3. The average Bonchev–Trinajstić information content (AvgIpc) is 3.63. The van der Waals surface area contributed by atoms with E-state index >= 15 is 0 Å². The molecule has 0 radical (unpaired) electrons. The van der Waals surface area contributed by atoms with Crippen molar-refractivity contribution < 1.29 is 9.59 Å². The maximum absolute atomic E-state index is 14.5. The molecule has 0 fully saturated rings. The summed E-state index contributed by atoms with van der Waals surface area (Å²) in [6, 6.07) is 22.6. The molecule has 3 N–H and O–H groups in total. The molecule has 0 bridgehead atoms. The fraction of sp³-hybridized carbons (Fsp3) is 0.390. The van der Waals surface area contributed by atoms with Gasteiger partial charge in [0.2, 0.25) is 0 Å². The number of allylic oxidation sites excluding steroid dienone is 4. The van der Waals surface area contributed by atoms with Gasteiger partial charge in [0.15, 0.2) is 23.2 Å². The van der Waals surface area contributed by atoms with Crippen LogP contribution in [-0.2, 0) is 27.0 Å². The van der Waals surface area contributed by atoms with Gasteiger partial charge in [-0.1, -0.05) is 88.4 Å². The van der Waals surface area contributed by atoms with Gasteiger partial charge in [-0.2, -0.15) is 15.5 Å². The summed E-state index contributed by atoms with van der Waals surface area (Å²) in [6.07, 6.45) is 2.91. The van der Waals surface area contributed by atoms with Crippen LogP contribution in [0, 0.1) is 29.1 Å². The van der Waals surface area contributed by atoms with Crippen molar-refractivity contribution in [2.45, 2.75) is 91.0 Å². The Morgan fingerprint density at radius 1 is 0.800 bits per heavy atom. The van der Waals surface area contributed by atoms with Gasteiger partial charge in [-0.3, -0.25) is 19.4 Å². The summed E-state index contributed by atoms with van der Waals surface area (Å²) in [5.74, 6) is 1.62. The van der Waals surface area contributed by atoms with E-state index in [1.54, 1.807) is 0 Å². The van der Waals surface area contributed by atoms with Crippen LogP contribution in [0.1, 0.15) is 100 Å². The number of rotatable bonds is 5. The molecule has 8 rings (SSSR count). The first-order valence-corrected chi connectivity index (χ1v) is 17.6. The molecule has 2 aromatic carbocycles. The summed E-state index contributed by atoms with van der Waals surface area (Å²) >= 11 is 0. The van der Waals surface area contributed by atoms with Gasteiger partial charge in [-0.25, -0.2) is 0 Å². The number of nitrogens with one attached hydrogen (secondary N) is 3. The van der Waals surface area contributed by atoms with E-state index in [1.807, 2.05) is 43.3 Å². The summed E-state index contributed by atoms with van der Waals surface area (Å²) in [7, 11) is 0. The first-order chi connectivity index (χ1) is 23.8. The second-order valence-corrected chi connectivity index (χ2v) is 16.0. The molecule has 2 aromatic heterocycles. The normalized spacial score (nSPS) is 26.7. The Morgan fingerprint density at radius 2 is 1.42 bits per heavy atom. The SMILES string of the molecule is CCC1(c2ccccc2)C2=C(CC(C)(C)CC2=O)Nc2nn(CC3(C)CC(=O)C4=C(C3)Nc3n[nH]c(C#N)c3C4(C)c3ccccc3)c(C)c21. The van der Waals surface area contributed by atoms with Crippen molar-refractivity contribution in [3.63, 3.8) is 0 Å². The lowest BCUT2D eigenvalue weighted by atomic mass is 9.59. The van der Waals surface area contributed by atoms with E-state index in [4.69, 9.17) is 5.10 Å². The number of Topliss-reactive ketones (excluding diaryl/α,β-unsaturated/α-hetero) is 2. The number of fused-ring (bicyclic) bond motifs is 2. The fourth-order valence-electron chi connectivity index (χ4n) is 9.77. The molecule has 4 aromatic rings. The van der Waals surface area contributed by atoms with Gasteiger partial charge in [-0.15, -0.1) is 0 Å². The third-order valence-corrected chi connectivity index (χ3v) is 11.8. The third kappa shape index (κ3) is 4.43. The predicted molar refractivity (Wildman–Crippen MR) is 192 cm³/mol. The number of hydrogen-bond acceptors (Lipinski definition) is 7. The molecule has 0 amide bonds. The number of carbonyl (C=O) groups is 2. The van der Waals surface area contributed by atoms with E-state index in [0.717, 1.165) is 51.6 Å². The number of H-pyrrole nitrogens is 1. The number of benzene rings is 2. The van der Waals surface area contributed by atoms with E-state index in [0.29, 0.717) is 54.9 Å². The lowest BCUT2D eigenvalue weighted by Crippen LogP contribution is -2.44. The number of hydrogen-bond donors (Lipinski definition) is 3. The molecule has 0 saturated heterocycles. The topological polar surface area (TPSA) is 128 Å². The van der Waals surface area contributed by atoms with E-state index in [-0.39, 0.29) is 17.0 Å². The van der Waals surface area contributed by atoms with Gasteiger partial charge in [-0.05, 0) is 55.1 Å². The molecule has 0 spiro atoms. The van der Waals surface area contributed by atoms with E-state index < -0.39 is 16.2 Å². The zero-order valence-electron chi connectivity index (χ0n) is 29.6. The van der Waals surface area contributed by atoms with Crippen molar-refractivity contribution in [2.24, 2.45) is 10.8 Å². The largest absolute Gasteiger partial charge is 0.342 e. The summed E-state index contributed by atoms with van der Waals surface area (Å²) in [5.41, 5.74) is 6.39. The van der Waals surface area contributed by atoms with E-state index in [2.05, 4.69) is 90.5 Å². The molecule has 0 saturated carbocycles. The molecule has 254 valence electrons. The number of nitrogens with zero attached hydrogens (tertiary/aromatic N) is 4. The minimum Gasteiger partial charge on any atom is -0.342 e. The zero-order chi connectivity index (χ0) is 35.2. The van der Waals surface area contributed by atoms with Crippen molar-refractivity contribution in [1.29, 1.82) is 5.26 Å². The van der Waals surface area contributed by atoms with E-state index in [9.17, 15) is 14.9 Å². The molecule has 50 heavy (non-hydrogen) atoms. The molecular formula is C41H43N7O2. The number of nitriles is 1. The molecule has 3 atom stereocenters. The van der Waals surface area contributed by atoms with Gasteiger partial charge in [0.25, 0.3) is 0 Å². The fourth-order valence-corrected chi connectivity index (χ4v) is 9.77. The standard InChI is InChI=1S/C41H43N7O2/c1-7-41(26-16-12-9-13-17-26)32-24(2)48(47-37(32)44-27-18-38(3,4)20-30(49)34(27)41)23-39(5)19-28-33(31(50)21-39)40(6,25-14-10-8-11-15-25)35-29(22-42)45-46-36(35)43-28/h8-17H,7,18-21,23H2,1-6H3,(H,44,47)(H2,43,45,46). The van der Waals surface area contributed by atoms with Crippen LogP contribution in [0.15, 0.2) is 83.2 Å². The lowest BCUT2D eigenvalue weighted by molar-refractivity contribution is -0.120. The molecule has 2 aliphatic carbocycles. The van der Waals surface area contributed by atoms with Gasteiger partial charge < -0.3 is 10.6 Å². The number of aromatic nitrogens is 4. The molecule has 9 heteroatoms. The highest BCUT2D eigenvalue weighted by Crippen LogP contribution is 2.56. The van der Waals surface area contributed by atoms with Gasteiger partial charge in [0, 0.05) is 58.7 Å². The van der Waals surface area contributed by atoms with Crippen LogP contribution in [0.5, 0.6) is 0 Å². The van der Waals surface area contributed by atoms with Gasteiger partial charge in [0.1, 0.15) is 11.8 Å². The third-order valence-electron chi connectivity index (χ3n) is 11.8. The summed E-state index contributed by atoms with van der Waals surface area (Å²) in [5, 5.41) is 29.8. The second-order valence-electron chi connectivity index (χ2n) is 16.0. The Balaban J connectivity index is 1.23. The van der Waals surface area contributed by atoms with Crippen LogP contribution in [-0.4, -0.2) is 31.5 Å². The highest BCUT2D eigenvalue weighted by molar-refractivity contribution is 6.04. The molecular weight excluding hydrogens is 622 g/mol. The van der Waals surface area contributed by atoms with Crippen LogP contribution in [0.25, 0.3) is 0 Å². The van der Waals surface area contributed by atoms with Crippen molar-refractivity contribution in [3.8, 4) is 6.07 Å². The van der Waals surface area contributed by atoms with Crippen molar-refractivity contribution in [2.75, 3.05) is 10.6 Å². The highest BCUT2D eigenvalue weighted by Gasteiger charge is 2.53. The second kappa shape index (κ2) is 10.9. The minimum absolute atomic E-state index is 0.0492. The number of aromatic amines is 1. The quantitative estimate of drug-likeness (QED) is 0.200. The molecule has 4 heterocycles. The first-order valence-electron chi connectivity index (χ1n) is 17.6. The maximum atomic E-state index is 14.5. The van der Waals surface area contributed by atoms with Crippen molar-refractivity contribution >= 4 is 23.2 Å². The molecule has 2 aliphatic heterocycles. The maximum Gasteiger partial charge on any atom is 0.162 e. The number of ketones is 2. The van der Waals surface area contributed by atoms with Crippen LogP contribution in [0.4, 0.5) is 11.6 Å². The Hall–Kier alpha value is -5.23. The smallest absolute Gasteiger partial charge is 0.162 e. The molecule has 3 unspecified atom stereocenters. The molecule has 4 aliphatic rings. The van der Waals surface area contributed by atoms with Crippen LogP contribution < -0.4 is 10.6 Å². The Kier molecular flexibility index (Phi) is 6.97. The van der Waals surface area contributed by atoms with Gasteiger partial charge >= 0.3 is 0 Å². The zero-order valence-corrected chi connectivity index (χ0v) is 29.6. The Morgan fingerprint density at radius 3 is 2.08 bits per heavy atom. The Bertz CT molecular complexity index is 2200. The van der Waals surface area contributed by atoms with Crippen molar-refractivity contribution in [1.82, 2.24) is 20.0 Å². The average molecular weight is 666 g/mol.